The number of hydrogen-bond acceptors (Lipinski definition) is 4. The Morgan fingerprint density at radius 3 is 2.78 bits per heavy atom. The van der Waals surface area contributed by atoms with Crippen LogP contribution in [0.3, 0.4) is 0 Å². The quantitative estimate of drug-likeness (QED) is 0.833. The maximum atomic E-state index is 13.1. The molecule has 0 N–H and O–H groups in total. The molecule has 0 aromatic heterocycles. The van der Waals surface area contributed by atoms with Gasteiger partial charge in [0.25, 0.3) is 5.91 Å². The Balaban J connectivity index is 1.48. The molecule has 3 heterocycles. The molecule has 124 valence electrons. The molecule has 23 heavy (non-hydrogen) atoms. The van der Waals surface area contributed by atoms with Crippen LogP contribution in [0.1, 0.15) is 25.7 Å². The van der Waals surface area contributed by atoms with Crippen molar-refractivity contribution in [2.45, 2.75) is 48.8 Å². The second-order valence-corrected chi connectivity index (χ2v) is 7.86. The molecule has 4 rings (SSSR count). The molecule has 2 saturated heterocycles. The molecule has 3 aliphatic rings. The largest absolute Gasteiger partial charge is 0.479 e. The molecule has 3 aliphatic heterocycles. The minimum atomic E-state index is -0.331. The Kier molecular flexibility index (Phi) is 4.24. The van der Waals surface area contributed by atoms with Crippen LogP contribution >= 0.6 is 11.8 Å². The molecule has 1 amide bonds. The summed E-state index contributed by atoms with van der Waals surface area (Å²) < 4.78 is 6.02. The highest BCUT2D eigenvalue weighted by Gasteiger charge is 2.41. The maximum Gasteiger partial charge on any atom is 0.264 e. The van der Waals surface area contributed by atoms with Crippen LogP contribution in [0.15, 0.2) is 29.2 Å². The summed E-state index contributed by atoms with van der Waals surface area (Å²) in [4.78, 5) is 18.7. The zero-order chi connectivity index (χ0) is 15.8. The molecule has 2 fully saturated rings. The molecule has 4 nitrogen and oxygen atoms in total. The maximum absolute atomic E-state index is 13.1. The fourth-order valence-electron chi connectivity index (χ4n) is 4.21. The highest BCUT2D eigenvalue weighted by atomic mass is 32.2. The van der Waals surface area contributed by atoms with Crippen molar-refractivity contribution in [3.05, 3.63) is 24.3 Å². The molecule has 0 spiro atoms. The molecule has 0 aliphatic carbocycles. The van der Waals surface area contributed by atoms with Crippen LogP contribution < -0.4 is 4.74 Å². The lowest BCUT2D eigenvalue weighted by Gasteiger charge is -2.36. The highest BCUT2D eigenvalue weighted by molar-refractivity contribution is 7.99. The number of carbonyl (C=O) groups is 1. The molecule has 1 aromatic carbocycles. The van der Waals surface area contributed by atoms with Crippen LogP contribution in [-0.2, 0) is 4.79 Å². The summed E-state index contributed by atoms with van der Waals surface area (Å²) in [7, 11) is 2.20. The Morgan fingerprint density at radius 2 is 1.96 bits per heavy atom. The Labute approximate surface area is 142 Å². The van der Waals surface area contributed by atoms with Gasteiger partial charge in [-0.25, -0.2) is 0 Å². The van der Waals surface area contributed by atoms with Gasteiger partial charge in [-0.05, 0) is 51.4 Å². The summed E-state index contributed by atoms with van der Waals surface area (Å²) in [6.45, 7) is 2.05. The van der Waals surface area contributed by atoms with Gasteiger partial charge in [0.05, 0.1) is 0 Å². The van der Waals surface area contributed by atoms with E-state index in [4.69, 9.17) is 4.74 Å². The first kappa shape index (κ1) is 15.3. The second kappa shape index (κ2) is 6.36. The van der Waals surface area contributed by atoms with Gasteiger partial charge in [-0.2, -0.15) is 0 Å². The fraction of sp³-hybridized carbons (Fsp3) is 0.611. The number of hydrogen-bond donors (Lipinski definition) is 0. The van der Waals surface area contributed by atoms with E-state index in [1.54, 1.807) is 11.8 Å². The van der Waals surface area contributed by atoms with E-state index in [1.807, 2.05) is 18.2 Å². The minimum Gasteiger partial charge on any atom is -0.479 e. The number of ether oxygens (including phenoxy) is 1. The van der Waals surface area contributed by atoms with Gasteiger partial charge in [0.2, 0.25) is 0 Å². The Morgan fingerprint density at radius 1 is 1.17 bits per heavy atom. The smallest absolute Gasteiger partial charge is 0.264 e. The van der Waals surface area contributed by atoms with Gasteiger partial charge >= 0.3 is 0 Å². The number of likely N-dealkylation sites (N-methyl/N-ethyl adjacent to an activating group) is 1. The van der Waals surface area contributed by atoms with Gasteiger partial charge in [-0.15, -0.1) is 11.8 Å². The SMILES string of the molecule is CN1CCCC1C1CCCN1C(=O)C1CSc2ccccc2O1. The highest BCUT2D eigenvalue weighted by Crippen LogP contribution is 2.36. The van der Waals surface area contributed by atoms with Gasteiger partial charge in [-0.1, -0.05) is 12.1 Å². The van der Waals surface area contributed by atoms with E-state index in [0.29, 0.717) is 12.1 Å². The lowest BCUT2D eigenvalue weighted by molar-refractivity contribution is -0.139. The summed E-state index contributed by atoms with van der Waals surface area (Å²) in [5.41, 5.74) is 0. The van der Waals surface area contributed by atoms with E-state index in [0.717, 1.165) is 42.3 Å². The van der Waals surface area contributed by atoms with E-state index in [2.05, 4.69) is 22.9 Å². The van der Waals surface area contributed by atoms with Gasteiger partial charge in [0.1, 0.15) is 5.75 Å². The average molecular weight is 332 g/mol. The number of amides is 1. The summed E-state index contributed by atoms with van der Waals surface area (Å²) in [6.07, 6.45) is 4.40. The Bertz CT molecular complexity index is 594. The van der Waals surface area contributed by atoms with Crippen molar-refractivity contribution in [3.8, 4) is 5.75 Å². The van der Waals surface area contributed by atoms with Gasteiger partial charge in [-0.3, -0.25) is 4.79 Å². The van der Waals surface area contributed by atoms with Crippen molar-refractivity contribution < 1.29 is 9.53 Å². The van der Waals surface area contributed by atoms with E-state index in [1.165, 1.54) is 12.8 Å². The van der Waals surface area contributed by atoms with E-state index >= 15 is 0 Å². The summed E-state index contributed by atoms with van der Waals surface area (Å²) in [5, 5.41) is 0. The van der Waals surface area contributed by atoms with Crippen molar-refractivity contribution in [1.82, 2.24) is 9.80 Å². The molecule has 0 bridgehead atoms. The Hall–Kier alpha value is -1.20. The number of fused-ring (bicyclic) bond motifs is 1. The van der Waals surface area contributed by atoms with Crippen LogP contribution in [-0.4, -0.2) is 59.8 Å². The molecule has 3 atom stereocenters. The zero-order valence-electron chi connectivity index (χ0n) is 13.6. The van der Waals surface area contributed by atoms with Gasteiger partial charge in [0, 0.05) is 29.3 Å². The number of likely N-dealkylation sites (tertiary alicyclic amines) is 2. The molecule has 1 aromatic rings. The number of para-hydroxylation sites is 1. The van der Waals surface area contributed by atoms with E-state index < -0.39 is 0 Å². The normalized spacial score (nSPS) is 31.0. The number of rotatable bonds is 2. The number of benzene rings is 1. The first-order chi connectivity index (χ1) is 11.2. The third kappa shape index (κ3) is 2.85. The monoisotopic (exact) mass is 332 g/mol. The van der Waals surface area contributed by atoms with Crippen LogP contribution in [0, 0.1) is 0 Å². The number of nitrogens with zero attached hydrogens (tertiary/aromatic N) is 2. The second-order valence-electron chi connectivity index (χ2n) is 6.80. The number of carbonyl (C=O) groups excluding carboxylic acids is 1. The number of thioether (sulfide) groups is 1. The van der Waals surface area contributed by atoms with Crippen LogP contribution in [0.5, 0.6) is 5.75 Å². The van der Waals surface area contributed by atoms with Crippen molar-refractivity contribution in [2.75, 3.05) is 25.9 Å². The molecule has 0 radical (unpaired) electrons. The third-order valence-corrected chi connectivity index (χ3v) is 6.51. The predicted molar refractivity (Wildman–Crippen MR) is 92.0 cm³/mol. The summed E-state index contributed by atoms with van der Waals surface area (Å²) >= 11 is 1.74. The molecule has 0 saturated carbocycles. The van der Waals surface area contributed by atoms with Gasteiger partial charge in [0.15, 0.2) is 6.10 Å². The van der Waals surface area contributed by atoms with Gasteiger partial charge < -0.3 is 14.5 Å². The summed E-state index contributed by atoms with van der Waals surface area (Å²) in [5.74, 6) is 1.77. The van der Waals surface area contributed by atoms with E-state index in [9.17, 15) is 4.79 Å². The third-order valence-electron chi connectivity index (χ3n) is 5.39. The van der Waals surface area contributed by atoms with Crippen molar-refractivity contribution in [3.63, 3.8) is 0 Å². The molecule has 5 heteroatoms. The lowest BCUT2D eigenvalue weighted by atomic mass is 10.0. The average Bonchev–Trinajstić information content (AvgIpc) is 3.22. The van der Waals surface area contributed by atoms with Crippen molar-refractivity contribution in [2.24, 2.45) is 0 Å². The zero-order valence-corrected chi connectivity index (χ0v) is 14.4. The lowest BCUT2D eigenvalue weighted by Crippen LogP contribution is -2.52. The molecular formula is C18H24N2O2S. The van der Waals surface area contributed by atoms with Crippen molar-refractivity contribution in [1.29, 1.82) is 0 Å². The summed E-state index contributed by atoms with van der Waals surface area (Å²) in [6, 6.07) is 8.92. The first-order valence-corrected chi connectivity index (χ1v) is 9.62. The minimum absolute atomic E-state index is 0.190. The molecular weight excluding hydrogens is 308 g/mol. The first-order valence-electron chi connectivity index (χ1n) is 8.63. The van der Waals surface area contributed by atoms with Crippen LogP contribution in [0.2, 0.25) is 0 Å². The predicted octanol–water partition coefficient (Wildman–Crippen LogP) is 2.62. The van der Waals surface area contributed by atoms with Crippen molar-refractivity contribution >= 4 is 17.7 Å². The van der Waals surface area contributed by atoms with Crippen LogP contribution in [0.25, 0.3) is 0 Å². The standard InChI is InChI=1S/C18H24N2O2S/c1-19-10-4-6-13(19)14-7-5-11-20(14)18(21)16-12-23-17-9-3-2-8-15(17)22-16/h2-3,8-9,13-14,16H,4-7,10-12H2,1H3. The van der Waals surface area contributed by atoms with Crippen LogP contribution in [0.4, 0.5) is 0 Å². The fourth-order valence-corrected chi connectivity index (χ4v) is 5.19. The van der Waals surface area contributed by atoms with E-state index in [-0.39, 0.29) is 12.0 Å². The topological polar surface area (TPSA) is 32.8 Å². The molecule has 3 unspecified atom stereocenters.